The molecule has 0 unspecified atom stereocenters. The fraction of sp³-hybridized carbons (Fsp3) is 0. The standard InChI is InChI=1S/C6H3Cl3.H3N/c7-4-1-2-5(8)6(9)3-4;/h1-3H;1H3. The molecule has 1 nitrogen and oxygen atoms in total. The summed E-state index contributed by atoms with van der Waals surface area (Å²) in [5.41, 5.74) is 0. The lowest BCUT2D eigenvalue weighted by atomic mass is 10.4. The van der Waals surface area contributed by atoms with E-state index in [0.717, 1.165) is 0 Å². The van der Waals surface area contributed by atoms with Crippen LogP contribution >= 0.6 is 34.8 Å². The molecule has 4 heteroatoms. The van der Waals surface area contributed by atoms with E-state index in [9.17, 15) is 0 Å². The Labute approximate surface area is 74.5 Å². The van der Waals surface area contributed by atoms with Gasteiger partial charge in [-0.25, -0.2) is 0 Å². The van der Waals surface area contributed by atoms with Crippen molar-refractivity contribution >= 4 is 34.8 Å². The average Bonchev–Trinajstić information content (AvgIpc) is 1.80. The maximum Gasteiger partial charge on any atom is 0.0607 e. The number of hydrogen-bond donors (Lipinski definition) is 1. The molecule has 0 amide bonds. The first kappa shape index (κ1) is 10.0. The molecular weight excluding hydrogens is 192 g/mol. The van der Waals surface area contributed by atoms with Crippen LogP contribution in [0.15, 0.2) is 18.2 Å². The second-order valence-corrected chi connectivity index (χ2v) is 2.81. The SMILES string of the molecule is Clc1ccc(Cl)c(Cl)c1.N. The highest BCUT2D eigenvalue weighted by Crippen LogP contribution is 2.24. The summed E-state index contributed by atoms with van der Waals surface area (Å²) in [5.74, 6) is 0. The molecule has 0 spiro atoms. The number of rotatable bonds is 0. The van der Waals surface area contributed by atoms with Crippen molar-refractivity contribution in [1.29, 1.82) is 0 Å². The van der Waals surface area contributed by atoms with Crippen LogP contribution < -0.4 is 6.15 Å². The summed E-state index contributed by atoms with van der Waals surface area (Å²) in [5, 5.41) is 1.62. The first-order valence-corrected chi connectivity index (χ1v) is 3.44. The van der Waals surface area contributed by atoms with Gasteiger partial charge in [0.2, 0.25) is 0 Å². The van der Waals surface area contributed by atoms with Crippen molar-refractivity contribution in [1.82, 2.24) is 6.15 Å². The third-order valence-electron chi connectivity index (χ3n) is 0.882. The third kappa shape index (κ3) is 2.35. The van der Waals surface area contributed by atoms with E-state index in [-0.39, 0.29) is 6.15 Å². The van der Waals surface area contributed by atoms with Gasteiger partial charge in [-0.3, -0.25) is 0 Å². The van der Waals surface area contributed by atoms with Crippen LogP contribution in [0.4, 0.5) is 0 Å². The van der Waals surface area contributed by atoms with Crippen LogP contribution in [-0.4, -0.2) is 0 Å². The molecule has 1 rings (SSSR count). The van der Waals surface area contributed by atoms with Crippen LogP contribution in [0.2, 0.25) is 15.1 Å². The zero-order chi connectivity index (χ0) is 6.85. The molecule has 0 heterocycles. The molecule has 0 radical (unpaired) electrons. The van der Waals surface area contributed by atoms with Crippen molar-refractivity contribution in [2.24, 2.45) is 0 Å². The van der Waals surface area contributed by atoms with Gasteiger partial charge in [0.25, 0.3) is 0 Å². The molecule has 0 fully saturated rings. The summed E-state index contributed by atoms with van der Waals surface area (Å²) < 4.78 is 0. The number of benzene rings is 1. The van der Waals surface area contributed by atoms with Crippen LogP contribution in [0.1, 0.15) is 0 Å². The van der Waals surface area contributed by atoms with Gasteiger partial charge in [0.15, 0.2) is 0 Å². The molecule has 0 aliphatic rings. The third-order valence-corrected chi connectivity index (χ3v) is 1.86. The van der Waals surface area contributed by atoms with E-state index in [2.05, 4.69) is 0 Å². The first-order chi connectivity index (χ1) is 4.20. The van der Waals surface area contributed by atoms with E-state index >= 15 is 0 Å². The summed E-state index contributed by atoms with van der Waals surface area (Å²) in [7, 11) is 0. The van der Waals surface area contributed by atoms with Gasteiger partial charge in [-0.15, -0.1) is 0 Å². The van der Waals surface area contributed by atoms with Crippen molar-refractivity contribution in [3.05, 3.63) is 33.3 Å². The van der Waals surface area contributed by atoms with Gasteiger partial charge in [-0.2, -0.15) is 0 Å². The fourth-order valence-corrected chi connectivity index (χ4v) is 0.997. The number of hydrogen-bond acceptors (Lipinski definition) is 1. The minimum Gasteiger partial charge on any atom is -0.344 e. The van der Waals surface area contributed by atoms with Crippen LogP contribution in [0.3, 0.4) is 0 Å². The molecule has 0 aliphatic heterocycles. The highest BCUT2D eigenvalue weighted by Gasteiger charge is 1.94. The van der Waals surface area contributed by atoms with E-state index < -0.39 is 0 Å². The molecule has 0 saturated heterocycles. The van der Waals surface area contributed by atoms with E-state index in [1.165, 1.54) is 0 Å². The number of halogens is 3. The van der Waals surface area contributed by atoms with E-state index in [0.29, 0.717) is 15.1 Å². The maximum absolute atomic E-state index is 5.60. The van der Waals surface area contributed by atoms with Crippen LogP contribution in [-0.2, 0) is 0 Å². The lowest BCUT2D eigenvalue weighted by Gasteiger charge is -1.92. The maximum atomic E-state index is 5.60. The molecule has 0 bridgehead atoms. The Kier molecular flexibility index (Phi) is 4.06. The zero-order valence-corrected chi connectivity index (χ0v) is 7.34. The lowest BCUT2D eigenvalue weighted by molar-refractivity contribution is 1.70. The first-order valence-electron chi connectivity index (χ1n) is 2.30. The summed E-state index contributed by atoms with van der Waals surface area (Å²) >= 11 is 16.8. The smallest absolute Gasteiger partial charge is 0.0607 e. The Hall–Kier alpha value is 0.0500. The van der Waals surface area contributed by atoms with Crippen molar-refractivity contribution in [3.8, 4) is 0 Å². The summed E-state index contributed by atoms with van der Waals surface area (Å²) in [6.45, 7) is 0. The summed E-state index contributed by atoms with van der Waals surface area (Å²) in [4.78, 5) is 0. The largest absolute Gasteiger partial charge is 0.344 e. The summed E-state index contributed by atoms with van der Waals surface area (Å²) in [6.07, 6.45) is 0. The Morgan fingerprint density at radius 2 is 1.50 bits per heavy atom. The quantitative estimate of drug-likeness (QED) is 0.632. The normalized spacial score (nSPS) is 8.70. The Balaban J connectivity index is 0.000000810. The Bertz CT molecular complexity index is 224. The Morgan fingerprint density at radius 1 is 0.900 bits per heavy atom. The van der Waals surface area contributed by atoms with Gasteiger partial charge in [0, 0.05) is 5.02 Å². The van der Waals surface area contributed by atoms with E-state index in [1.54, 1.807) is 18.2 Å². The van der Waals surface area contributed by atoms with Gasteiger partial charge in [0.05, 0.1) is 10.0 Å². The highest BCUT2D eigenvalue weighted by molar-refractivity contribution is 6.43. The minimum absolute atomic E-state index is 0. The monoisotopic (exact) mass is 197 g/mol. The zero-order valence-electron chi connectivity index (χ0n) is 5.07. The van der Waals surface area contributed by atoms with Crippen molar-refractivity contribution in [2.75, 3.05) is 0 Å². The molecule has 10 heavy (non-hydrogen) atoms. The molecular formula is C6H6Cl3N. The molecule has 0 aromatic heterocycles. The van der Waals surface area contributed by atoms with Gasteiger partial charge in [0.1, 0.15) is 0 Å². The molecule has 1 aromatic carbocycles. The van der Waals surface area contributed by atoms with Crippen LogP contribution in [0, 0.1) is 0 Å². The lowest BCUT2D eigenvalue weighted by Crippen LogP contribution is -1.66. The van der Waals surface area contributed by atoms with E-state index in [4.69, 9.17) is 34.8 Å². The predicted octanol–water partition coefficient (Wildman–Crippen LogP) is 3.81. The molecule has 0 saturated carbocycles. The van der Waals surface area contributed by atoms with Gasteiger partial charge in [-0.05, 0) is 18.2 Å². The molecule has 0 aliphatic carbocycles. The topological polar surface area (TPSA) is 35.0 Å². The second kappa shape index (κ2) is 4.04. The van der Waals surface area contributed by atoms with Crippen LogP contribution in [0.25, 0.3) is 0 Å². The van der Waals surface area contributed by atoms with Crippen molar-refractivity contribution in [3.63, 3.8) is 0 Å². The molecule has 56 valence electrons. The van der Waals surface area contributed by atoms with Crippen molar-refractivity contribution < 1.29 is 0 Å². The molecule has 3 N–H and O–H groups in total. The highest BCUT2D eigenvalue weighted by atomic mass is 35.5. The van der Waals surface area contributed by atoms with Gasteiger partial charge < -0.3 is 6.15 Å². The molecule has 1 aromatic rings. The van der Waals surface area contributed by atoms with E-state index in [1.807, 2.05) is 0 Å². The van der Waals surface area contributed by atoms with Crippen LogP contribution in [0.5, 0.6) is 0 Å². The average molecular weight is 198 g/mol. The van der Waals surface area contributed by atoms with Crippen molar-refractivity contribution in [2.45, 2.75) is 0 Å². The minimum atomic E-state index is 0. The summed E-state index contributed by atoms with van der Waals surface area (Å²) in [6, 6.07) is 4.95. The Morgan fingerprint density at radius 3 is 1.90 bits per heavy atom. The molecule has 0 atom stereocenters. The predicted molar refractivity (Wildman–Crippen MR) is 46.5 cm³/mol. The van der Waals surface area contributed by atoms with Gasteiger partial charge >= 0.3 is 0 Å². The van der Waals surface area contributed by atoms with Gasteiger partial charge in [-0.1, -0.05) is 34.8 Å². The second-order valence-electron chi connectivity index (χ2n) is 1.56. The fourth-order valence-electron chi connectivity index (χ4n) is 0.470.